The van der Waals surface area contributed by atoms with E-state index in [0.717, 1.165) is 17.7 Å². The van der Waals surface area contributed by atoms with Crippen LogP contribution in [0.5, 0.6) is 5.75 Å². The first-order chi connectivity index (χ1) is 9.81. The van der Waals surface area contributed by atoms with Gasteiger partial charge in [-0.1, -0.05) is 30.3 Å². The molecule has 20 heavy (non-hydrogen) atoms. The van der Waals surface area contributed by atoms with Crippen molar-refractivity contribution < 1.29 is 9.53 Å². The molecule has 0 saturated heterocycles. The maximum Gasteiger partial charge on any atom is 0.190 e. The summed E-state index contributed by atoms with van der Waals surface area (Å²) in [5.41, 5.74) is 1.56. The highest BCUT2D eigenvalue weighted by Crippen LogP contribution is 2.35. The molecule has 104 valence electrons. The molecule has 0 radical (unpaired) electrons. The average molecular weight is 271 g/mol. The van der Waals surface area contributed by atoms with E-state index in [1.54, 1.807) is 10.9 Å². The summed E-state index contributed by atoms with van der Waals surface area (Å²) in [6.45, 7) is 3.34. The monoisotopic (exact) mass is 271 g/mol. The van der Waals surface area contributed by atoms with Crippen LogP contribution in [0.25, 0.3) is 0 Å². The molecule has 3 rings (SSSR count). The average Bonchev–Trinajstić information content (AvgIpc) is 2.94. The van der Waals surface area contributed by atoms with Gasteiger partial charge in [-0.05, 0) is 18.9 Å². The lowest BCUT2D eigenvalue weighted by molar-refractivity contribution is 0.0922. The lowest BCUT2D eigenvalue weighted by atomic mass is 9.88. The van der Waals surface area contributed by atoms with Crippen LogP contribution in [-0.4, -0.2) is 27.4 Å². The van der Waals surface area contributed by atoms with E-state index in [2.05, 4.69) is 17.2 Å². The van der Waals surface area contributed by atoms with Gasteiger partial charge in [0.15, 0.2) is 5.78 Å². The van der Waals surface area contributed by atoms with Crippen LogP contribution in [0.15, 0.2) is 30.5 Å². The number of benzene rings is 1. The van der Waals surface area contributed by atoms with Gasteiger partial charge in [0.1, 0.15) is 11.4 Å². The second-order valence-electron chi connectivity index (χ2n) is 4.93. The van der Waals surface area contributed by atoms with Gasteiger partial charge in [-0.3, -0.25) is 4.79 Å². The third-order valence-corrected chi connectivity index (χ3v) is 3.58. The molecule has 0 saturated carbocycles. The smallest absolute Gasteiger partial charge is 0.190 e. The fourth-order valence-corrected chi connectivity index (χ4v) is 2.62. The molecule has 0 spiro atoms. The number of carbonyl (C=O) groups is 1. The number of carbonyl (C=O) groups excluding carboxylic acids is 1. The van der Waals surface area contributed by atoms with Crippen LogP contribution < -0.4 is 4.74 Å². The first-order valence-electron chi connectivity index (χ1n) is 6.95. The molecule has 1 aliphatic heterocycles. The van der Waals surface area contributed by atoms with Gasteiger partial charge in [-0.2, -0.15) is 0 Å². The van der Waals surface area contributed by atoms with Crippen molar-refractivity contribution in [1.82, 2.24) is 15.0 Å². The topological polar surface area (TPSA) is 57.0 Å². The second-order valence-corrected chi connectivity index (χ2v) is 4.93. The van der Waals surface area contributed by atoms with Gasteiger partial charge in [0.05, 0.1) is 18.7 Å². The van der Waals surface area contributed by atoms with E-state index in [9.17, 15) is 4.79 Å². The van der Waals surface area contributed by atoms with Crippen LogP contribution in [0.1, 0.15) is 41.7 Å². The molecule has 5 heteroatoms. The molecule has 0 amide bonds. The minimum absolute atomic E-state index is 0.0826. The highest BCUT2D eigenvalue weighted by molar-refractivity contribution is 5.99. The van der Waals surface area contributed by atoms with Gasteiger partial charge >= 0.3 is 0 Å². The Morgan fingerprint density at radius 2 is 2.30 bits per heavy atom. The van der Waals surface area contributed by atoms with Gasteiger partial charge < -0.3 is 4.74 Å². The molecule has 0 bridgehead atoms. The minimum atomic E-state index is -0.158. The summed E-state index contributed by atoms with van der Waals surface area (Å²) in [4.78, 5) is 12.8. The van der Waals surface area contributed by atoms with E-state index < -0.39 is 0 Å². The number of fused-ring (bicyclic) bond motifs is 1. The molecule has 5 nitrogen and oxygen atoms in total. The standard InChI is InChI=1S/C15H17N3O2/c1-2-8-18-13(10-16-17-18)15(19)12-7-9-20-14-6-4-3-5-11(12)14/h3-6,10,12H,2,7-9H2,1H3. The Morgan fingerprint density at radius 1 is 1.45 bits per heavy atom. The van der Waals surface area contributed by atoms with Crippen molar-refractivity contribution in [2.75, 3.05) is 6.61 Å². The fraction of sp³-hybridized carbons (Fsp3) is 0.400. The van der Waals surface area contributed by atoms with Crippen molar-refractivity contribution in [1.29, 1.82) is 0 Å². The first-order valence-corrected chi connectivity index (χ1v) is 6.95. The molecule has 2 heterocycles. The van der Waals surface area contributed by atoms with Crippen LogP contribution in [0.4, 0.5) is 0 Å². The number of Topliss-reactive ketones (excluding diaryl/α,β-unsaturated/α-hetero) is 1. The molecule has 1 aromatic carbocycles. The Balaban J connectivity index is 1.94. The lowest BCUT2D eigenvalue weighted by Crippen LogP contribution is -2.23. The Hall–Kier alpha value is -2.17. The summed E-state index contributed by atoms with van der Waals surface area (Å²) >= 11 is 0. The Labute approximate surface area is 117 Å². The largest absolute Gasteiger partial charge is 0.493 e. The van der Waals surface area contributed by atoms with Crippen LogP contribution in [0, 0.1) is 0 Å². The highest BCUT2D eigenvalue weighted by atomic mass is 16.5. The van der Waals surface area contributed by atoms with Crippen molar-refractivity contribution in [3.8, 4) is 5.75 Å². The summed E-state index contributed by atoms with van der Waals surface area (Å²) in [7, 11) is 0. The zero-order chi connectivity index (χ0) is 13.9. The first kappa shape index (κ1) is 12.8. The summed E-state index contributed by atoms with van der Waals surface area (Å²) in [6.07, 6.45) is 3.19. The highest BCUT2D eigenvalue weighted by Gasteiger charge is 2.30. The number of para-hydroxylation sites is 1. The number of ether oxygens (including phenoxy) is 1. The zero-order valence-electron chi connectivity index (χ0n) is 11.5. The molecule has 1 aliphatic rings. The lowest BCUT2D eigenvalue weighted by Gasteiger charge is -2.24. The quantitative estimate of drug-likeness (QED) is 0.801. The van der Waals surface area contributed by atoms with Crippen molar-refractivity contribution in [3.63, 3.8) is 0 Å². The van der Waals surface area contributed by atoms with Gasteiger partial charge in [-0.25, -0.2) is 4.68 Å². The van der Waals surface area contributed by atoms with Gasteiger partial charge in [0.25, 0.3) is 0 Å². The number of nitrogens with zero attached hydrogens (tertiary/aromatic N) is 3. The van der Waals surface area contributed by atoms with Gasteiger partial charge in [0.2, 0.25) is 0 Å². The third-order valence-electron chi connectivity index (χ3n) is 3.58. The van der Waals surface area contributed by atoms with Crippen LogP contribution in [0.3, 0.4) is 0 Å². The van der Waals surface area contributed by atoms with Crippen LogP contribution >= 0.6 is 0 Å². The molecule has 0 N–H and O–H groups in total. The Kier molecular flexibility index (Phi) is 3.50. The Morgan fingerprint density at radius 3 is 3.15 bits per heavy atom. The number of hydrogen-bond donors (Lipinski definition) is 0. The summed E-state index contributed by atoms with van der Waals surface area (Å²) in [5, 5.41) is 7.87. The maximum atomic E-state index is 12.8. The molecule has 2 aromatic rings. The number of aryl methyl sites for hydroxylation is 1. The molecule has 1 atom stereocenters. The molecule has 1 aromatic heterocycles. The SMILES string of the molecule is CCCn1nncc1C(=O)C1CCOc2ccccc21. The van der Waals surface area contributed by atoms with E-state index in [1.165, 1.54) is 0 Å². The number of aromatic nitrogens is 3. The van der Waals surface area contributed by atoms with Gasteiger partial charge in [0, 0.05) is 12.1 Å². The number of rotatable bonds is 4. The van der Waals surface area contributed by atoms with E-state index >= 15 is 0 Å². The van der Waals surface area contributed by atoms with E-state index in [0.29, 0.717) is 25.3 Å². The van der Waals surface area contributed by atoms with Crippen molar-refractivity contribution in [3.05, 3.63) is 41.7 Å². The molecule has 0 fully saturated rings. The normalized spacial score (nSPS) is 17.4. The van der Waals surface area contributed by atoms with Gasteiger partial charge in [-0.15, -0.1) is 5.10 Å². The van der Waals surface area contributed by atoms with Crippen molar-refractivity contribution in [2.45, 2.75) is 32.2 Å². The molecular formula is C15H17N3O2. The van der Waals surface area contributed by atoms with Crippen molar-refractivity contribution >= 4 is 5.78 Å². The summed E-state index contributed by atoms with van der Waals surface area (Å²) < 4.78 is 7.30. The fourth-order valence-electron chi connectivity index (χ4n) is 2.62. The molecular weight excluding hydrogens is 254 g/mol. The van der Waals surface area contributed by atoms with E-state index in [-0.39, 0.29) is 11.7 Å². The summed E-state index contributed by atoms with van der Waals surface area (Å²) in [5.74, 6) is 0.736. The summed E-state index contributed by atoms with van der Waals surface area (Å²) in [6, 6.07) is 7.74. The van der Waals surface area contributed by atoms with Crippen LogP contribution in [-0.2, 0) is 6.54 Å². The molecule has 1 unspecified atom stereocenters. The third kappa shape index (κ3) is 2.19. The number of hydrogen-bond acceptors (Lipinski definition) is 4. The predicted molar refractivity (Wildman–Crippen MR) is 73.9 cm³/mol. The van der Waals surface area contributed by atoms with E-state index in [1.807, 2.05) is 24.3 Å². The molecule has 0 aliphatic carbocycles. The minimum Gasteiger partial charge on any atom is -0.493 e. The Bertz CT molecular complexity index is 621. The maximum absolute atomic E-state index is 12.8. The zero-order valence-corrected chi connectivity index (χ0v) is 11.5. The number of ketones is 1. The van der Waals surface area contributed by atoms with Crippen molar-refractivity contribution in [2.24, 2.45) is 0 Å². The van der Waals surface area contributed by atoms with Crippen LogP contribution in [0.2, 0.25) is 0 Å². The second kappa shape index (κ2) is 5.45. The van der Waals surface area contributed by atoms with E-state index in [4.69, 9.17) is 4.74 Å². The predicted octanol–water partition coefficient (Wildman–Crippen LogP) is 2.44.